The maximum absolute atomic E-state index is 14.3. The molecular weight excluding hydrogens is 504 g/mol. The van der Waals surface area contributed by atoms with Crippen LogP contribution in [0, 0.1) is 11.6 Å². The van der Waals surface area contributed by atoms with E-state index in [4.69, 9.17) is 18.9 Å². The van der Waals surface area contributed by atoms with Gasteiger partial charge in [-0.3, -0.25) is 0 Å². The van der Waals surface area contributed by atoms with Crippen LogP contribution in [0.1, 0.15) is 15.9 Å². The Labute approximate surface area is 215 Å². The Balaban J connectivity index is 0.00000252. The predicted molar refractivity (Wildman–Crippen MR) is 127 cm³/mol. The van der Waals surface area contributed by atoms with Crippen LogP contribution in [-0.4, -0.2) is 19.9 Å². The van der Waals surface area contributed by atoms with E-state index in [2.05, 4.69) is 10.6 Å². The Morgan fingerprint density at radius 1 is 0.973 bits per heavy atom. The molecule has 186 valence electrons. The van der Waals surface area contributed by atoms with E-state index in [1.807, 2.05) is 24.4 Å². The highest BCUT2D eigenvalue weighted by atomic mass is 35.5. The molecule has 0 unspecified atom stereocenters. The quantitative estimate of drug-likeness (QED) is 0.158. The number of hydrogen-bond acceptors (Lipinski definition) is 5. The second kappa shape index (κ2) is 8.45. The minimum Gasteiger partial charge on any atom is -1.00 e. The van der Waals surface area contributed by atoms with Crippen LogP contribution >= 0.6 is 0 Å². The molecule has 4 aromatic carbocycles. The first-order chi connectivity index (χ1) is 17.5. The number of aryl methyl sites for hydroxylation is 2. The zero-order valence-electron chi connectivity index (χ0n) is 19.4. The minimum absolute atomic E-state index is 0. The van der Waals surface area contributed by atoms with Crippen molar-refractivity contribution in [2.45, 2.75) is 13.0 Å². The van der Waals surface area contributed by atoms with Gasteiger partial charge in [0.15, 0.2) is 35.7 Å². The molecule has 0 spiro atoms. The Morgan fingerprint density at radius 3 is 2.59 bits per heavy atom. The highest BCUT2D eigenvalue weighted by molar-refractivity contribution is 6.17. The summed E-state index contributed by atoms with van der Waals surface area (Å²) in [6, 6.07) is 12.5. The lowest BCUT2D eigenvalue weighted by molar-refractivity contribution is -0.670. The summed E-state index contributed by atoms with van der Waals surface area (Å²) in [7, 11) is 1.47. The molecule has 5 aromatic rings. The first-order valence-electron chi connectivity index (χ1n) is 11.4. The fraction of sp³-hybridized carbons (Fsp3) is 0.143. The number of esters is 1. The van der Waals surface area contributed by atoms with Crippen molar-refractivity contribution in [1.82, 2.24) is 0 Å². The molecule has 3 heterocycles. The van der Waals surface area contributed by atoms with Crippen molar-refractivity contribution in [3.63, 3.8) is 0 Å². The van der Waals surface area contributed by atoms with Crippen molar-refractivity contribution in [3.05, 3.63) is 77.5 Å². The summed E-state index contributed by atoms with van der Waals surface area (Å²) in [6.45, 7) is 0.905. The third kappa shape index (κ3) is 3.36. The smallest absolute Gasteiger partial charge is 0.346 e. The van der Waals surface area contributed by atoms with Crippen LogP contribution in [0.25, 0.3) is 32.4 Å². The van der Waals surface area contributed by atoms with Crippen LogP contribution in [0.3, 0.4) is 0 Å². The lowest BCUT2D eigenvalue weighted by atomic mass is 9.93. The lowest BCUT2D eigenvalue weighted by Crippen LogP contribution is -3.00. The van der Waals surface area contributed by atoms with Crippen molar-refractivity contribution >= 4 is 38.4 Å². The van der Waals surface area contributed by atoms with Gasteiger partial charge in [0.2, 0.25) is 12.3 Å². The number of aromatic nitrogens is 1. The average Bonchev–Trinajstić information content (AvgIpc) is 3.35. The summed E-state index contributed by atoms with van der Waals surface area (Å²) in [6.07, 6.45) is 2.71. The summed E-state index contributed by atoms with van der Waals surface area (Å²) < 4.78 is 52.3. The van der Waals surface area contributed by atoms with Gasteiger partial charge in [-0.1, -0.05) is 0 Å². The number of hydrogen-bond donors (Lipinski definition) is 0. The van der Waals surface area contributed by atoms with E-state index in [9.17, 15) is 13.6 Å². The zero-order chi connectivity index (χ0) is 24.6. The molecule has 0 atom stereocenters. The largest absolute Gasteiger partial charge is 1.00 e. The number of fused-ring (bicyclic) bond motifs is 4. The molecule has 6 nitrogen and oxygen atoms in total. The molecule has 37 heavy (non-hydrogen) atoms. The zero-order valence-corrected chi connectivity index (χ0v) is 20.2. The van der Waals surface area contributed by atoms with Gasteiger partial charge in [-0.05, 0) is 48.0 Å². The maximum atomic E-state index is 14.3. The van der Waals surface area contributed by atoms with E-state index in [0.717, 1.165) is 57.1 Å². The molecule has 0 N–H and O–H groups in total. The predicted octanol–water partition coefficient (Wildman–Crippen LogP) is 2.23. The molecule has 0 aliphatic carbocycles. The van der Waals surface area contributed by atoms with E-state index in [0.29, 0.717) is 23.7 Å². The van der Waals surface area contributed by atoms with Gasteiger partial charge in [0.05, 0.1) is 28.8 Å². The molecule has 0 amide bonds. The van der Waals surface area contributed by atoms with Gasteiger partial charge in [-0.15, -0.1) is 0 Å². The van der Waals surface area contributed by atoms with E-state index < -0.39 is 17.6 Å². The number of ether oxygens (including phenoxy) is 4. The lowest BCUT2D eigenvalue weighted by Gasteiger charge is -2.18. The molecule has 0 radical (unpaired) electrons. The van der Waals surface area contributed by atoms with E-state index in [1.54, 1.807) is 6.07 Å². The van der Waals surface area contributed by atoms with Crippen LogP contribution in [0.4, 0.5) is 8.78 Å². The van der Waals surface area contributed by atoms with Crippen molar-refractivity contribution < 1.29 is 49.5 Å². The minimum atomic E-state index is -0.994. The van der Waals surface area contributed by atoms with Gasteiger partial charge in [0.25, 0.3) is 0 Å². The van der Waals surface area contributed by atoms with Gasteiger partial charge in [-0.25, -0.2) is 13.6 Å². The number of carbonyl (C=O) groups is 1. The van der Waals surface area contributed by atoms with Crippen LogP contribution in [0.15, 0.2) is 54.7 Å². The molecule has 0 saturated carbocycles. The second-order valence-corrected chi connectivity index (χ2v) is 8.80. The SMILES string of the molecule is COc1ccc2c(c[n+]3c4c2ccc2c5c(cc(c24)CC3)OCO5)c1OC(=O)c1ccc(F)cc1F.[Cl-]. The van der Waals surface area contributed by atoms with E-state index >= 15 is 0 Å². The molecule has 2 aliphatic rings. The summed E-state index contributed by atoms with van der Waals surface area (Å²) in [5, 5.41) is 4.55. The van der Waals surface area contributed by atoms with Gasteiger partial charge in [-0.2, -0.15) is 4.57 Å². The van der Waals surface area contributed by atoms with Gasteiger partial charge < -0.3 is 31.4 Å². The highest BCUT2D eigenvalue weighted by Crippen LogP contribution is 2.46. The van der Waals surface area contributed by atoms with Crippen LogP contribution in [0.5, 0.6) is 23.0 Å². The average molecular weight is 522 g/mol. The first kappa shape index (κ1) is 23.2. The van der Waals surface area contributed by atoms with Gasteiger partial charge in [0, 0.05) is 23.3 Å². The number of nitrogens with zero attached hydrogens (tertiary/aromatic N) is 1. The topological polar surface area (TPSA) is 57.9 Å². The summed E-state index contributed by atoms with van der Waals surface area (Å²) >= 11 is 0. The molecule has 0 saturated heterocycles. The molecule has 9 heteroatoms. The normalized spacial score (nSPS) is 13.3. The summed E-state index contributed by atoms with van der Waals surface area (Å²) in [5.41, 5.74) is 1.87. The second-order valence-electron chi connectivity index (χ2n) is 8.80. The Bertz CT molecular complexity index is 1790. The first-order valence-corrected chi connectivity index (χ1v) is 11.4. The summed E-state index contributed by atoms with van der Waals surface area (Å²) in [4.78, 5) is 12.9. The van der Waals surface area contributed by atoms with Crippen LogP contribution in [-0.2, 0) is 13.0 Å². The van der Waals surface area contributed by atoms with Crippen molar-refractivity contribution in [2.24, 2.45) is 0 Å². The fourth-order valence-electron chi connectivity index (χ4n) is 5.30. The Hall–Kier alpha value is -4.17. The third-order valence-electron chi connectivity index (χ3n) is 6.90. The van der Waals surface area contributed by atoms with Crippen LogP contribution in [0.2, 0.25) is 0 Å². The maximum Gasteiger partial charge on any atom is 0.346 e. The third-order valence-corrected chi connectivity index (χ3v) is 6.90. The van der Waals surface area contributed by atoms with Crippen molar-refractivity contribution in [2.75, 3.05) is 13.9 Å². The fourth-order valence-corrected chi connectivity index (χ4v) is 5.30. The standard InChI is InChI=1S/C28H18F2NO5.ClH/c1-33-22-7-6-16-17-4-5-19-24-14(10-23-26(19)35-13-34-23)8-9-31(25(17)24)12-20(16)27(22)36-28(32)18-3-2-15(29)11-21(18)30;/h2-7,10-12H,8-9,13H2,1H3;1H/q+1;/p-1. The van der Waals surface area contributed by atoms with Crippen molar-refractivity contribution in [3.8, 4) is 23.0 Å². The van der Waals surface area contributed by atoms with Crippen LogP contribution < -0.4 is 35.9 Å². The molecule has 1 aromatic heterocycles. The molecule has 7 rings (SSSR count). The van der Waals surface area contributed by atoms with Crippen molar-refractivity contribution in [1.29, 1.82) is 0 Å². The molecule has 0 bridgehead atoms. The Kier molecular flexibility index (Phi) is 5.31. The molecule has 0 fully saturated rings. The monoisotopic (exact) mass is 521 g/mol. The number of halogens is 3. The number of rotatable bonds is 3. The number of benzene rings is 4. The summed E-state index contributed by atoms with van der Waals surface area (Å²) in [5.74, 6) is -0.703. The number of pyridine rings is 1. The van der Waals surface area contributed by atoms with E-state index in [1.165, 1.54) is 12.7 Å². The van der Waals surface area contributed by atoms with E-state index in [-0.39, 0.29) is 30.5 Å². The Morgan fingerprint density at radius 2 is 1.78 bits per heavy atom. The molecule has 2 aliphatic heterocycles. The number of carbonyl (C=O) groups excluding carboxylic acids is 1. The molecular formula is C28H18ClF2NO5. The number of methoxy groups -OCH3 is 1. The van der Waals surface area contributed by atoms with Gasteiger partial charge >= 0.3 is 5.97 Å². The van der Waals surface area contributed by atoms with Gasteiger partial charge in [0.1, 0.15) is 11.6 Å². The highest BCUT2D eigenvalue weighted by Gasteiger charge is 2.30.